The minimum Gasteiger partial charge on any atom is -0.421 e. The van der Waals surface area contributed by atoms with E-state index < -0.39 is 5.82 Å². The van der Waals surface area contributed by atoms with Crippen molar-refractivity contribution >= 4 is 28.4 Å². The number of anilines is 3. The molecule has 1 aliphatic carbocycles. The molecule has 3 aromatic heterocycles. The van der Waals surface area contributed by atoms with E-state index >= 15 is 4.39 Å². The van der Waals surface area contributed by atoms with Crippen LogP contribution in [0, 0.1) is 12.7 Å². The number of aromatic amines is 2. The second-order valence-corrected chi connectivity index (χ2v) is 9.41. The van der Waals surface area contributed by atoms with Gasteiger partial charge in [-0.3, -0.25) is 10.00 Å². The summed E-state index contributed by atoms with van der Waals surface area (Å²) in [6, 6.07) is 8.94. The van der Waals surface area contributed by atoms with Gasteiger partial charge in [-0.2, -0.15) is 15.1 Å². The second kappa shape index (κ2) is 9.38. The molecule has 6 rings (SSSR count). The van der Waals surface area contributed by atoms with E-state index in [-0.39, 0.29) is 18.4 Å². The first-order chi connectivity index (χ1) is 17.6. The minimum atomic E-state index is -0.471. The summed E-state index contributed by atoms with van der Waals surface area (Å²) in [6.07, 6.45) is 2.34. The highest BCUT2D eigenvalue weighted by molar-refractivity contribution is 5.82. The zero-order valence-corrected chi connectivity index (χ0v) is 20.0. The summed E-state index contributed by atoms with van der Waals surface area (Å²) >= 11 is 0. The molecular weight excluding hydrogens is 466 g/mol. The summed E-state index contributed by atoms with van der Waals surface area (Å²) in [5, 5.41) is 11.1. The predicted molar refractivity (Wildman–Crippen MR) is 134 cm³/mol. The van der Waals surface area contributed by atoms with E-state index in [0.717, 1.165) is 24.5 Å². The van der Waals surface area contributed by atoms with Crippen molar-refractivity contribution in [2.75, 3.05) is 49.6 Å². The number of aromatic nitrogens is 5. The lowest BCUT2D eigenvalue weighted by Gasteiger charge is -2.35. The van der Waals surface area contributed by atoms with Gasteiger partial charge in [0.05, 0.1) is 0 Å². The number of halogens is 2. The Morgan fingerprint density at radius 2 is 1.92 bits per heavy atom. The molecule has 9 nitrogen and oxygen atoms in total. The SMILES string of the molecule is Cc1cc2c(F)c(Oc3nc(Nc4cc(C5CC5)[nH]n4)cc(N4CCN(CCF)CC4)n3)ccc2[nH]1. The van der Waals surface area contributed by atoms with Crippen LogP contribution in [0.2, 0.25) is 0 Å². The first-order valence-electron chi connectivity index (χ1n) is 12.3. The van der Waals surface area contributed by atoms with E-state index in [9.17, 15) is 4.39 Å². The monoisotopic (exact) mass is 494 g/mol. The summed E-state index contributed by atoms with van der Waals surface area (Å²) < 4.78 is 33.8. The topological polar surface area (TPSA) is 98.0 Å². The fourth-order valence-corrected chi connectivity index (χ4v) is 4.61. The molecule has 0 radical (unpaired) electrons. The highest BCUT2D eigenvalue weighted by Crippen LogP contribution is 2.40. The van der Waals surface area contributed by atoms with Crippen LogP contribution in [0.15, 0.2) is 30.3 Å². The fraction of sp³-hybridized carbons (Fsp3) is 0.400. The van der Waals surface area contributed by atoms with Crippen LogP contribution in [0.25, 0.3) is 10.9 Å². The van der Waals surface area contributed by atoms with Gasteiger partial charge < -0.3 is 19.9 Å². The van der Waals surface area contributed by atoms with Gasteiger partial charge in [0, 0.05) is 73.1 Å². The first-order valence-corrected chi connectivity index (χ1v) is 12.3. The molecule has 0 atom stereocenters. The van der Waals surface area contributed by atoms with Crippen LogP contribution < -0.4 is 15.0 Å². The van der Waals surface area contributed by atoms with Gasteiger partial charge in [-0.15, -0.1) is 0 Å². The average molecular weight is 495 g/mol. The van der Waals surface area contributed by atoms with E-state index in [0.29, 0.717) is 53.9 Å². The number of alkyl halides is 1. The maximum atomic E-state index is 15.2. The predicted octanol–water partition coefficient (Wildman–Crippen LogP) is 4.63. The molecule has 2 aliphatic rings. The number of hydrogen-bond donors (Lipinski definition) is 3. The number of rotatable bonds is 8. The molecule has 0 unspecified atom stereocenters. The Hall–Kier alpha value is -3.73. The molecule has 0 spiro atoms. The normalized spacial score (nSPS) is 16.6. The summed E-state index contributed by atoms with van der Waals surface area (Å²) in [7, 11) is 0. The molecule has 188 valence electrons. The van der Waals surface area contributed by atoms with Gasteiger partial charge in [0.1, 0.15) is 18.3 Å². The zero-order chi connectivity index (χ0) is 24.6. The number of nitrogens with zero attached hydrogens (tertiary/aromatic N) is 5. The maximum absolute atomic E-state index is 15.2. The molecule has 4 aromatic rings. The third kappa shape index (κ3) is 4.70. The Morgan fingerprint density at radius 3 is 2.69 bits per heavy atom. The maximum Gasteiger partial charge on any atom is 0.326 e. The molecule has 1 aromatic carbocycles. The van der Waals surface area contributed by atoms with E-state index in [4.69, 9.17) is 4.74 Å². The first kappa shape index (κ1) is 22.7. The van der Waals surface area contributed by atoms with Gasteiger partial charge in [-0.1, -0.05) is 0 Å². The van der Waals surface area contributed by atoms with E-state index in [1.165, 1.54) is 12.8 Å². The molecule has 2 fully saturated rings. The highest BCUT2D eigenvalue weighted by Gasteiger charge is 2.26. The molecule has 11 heteroatoms. The number of nitrogens with one attached hydrogen (secondary N) is 3. The van der Waals surface area contributed by atoms with Crippen molar-refractivity contribution in [1.29, 1.82) is 0 Å². The molecule has 3 N–H and O–H groups in total. The van der Waals surface area contributed by atoms with Gasteiger partial charge in [-0.05, 0) is 38.0 Å². The van der Waals surface area contributed by atoms with Crippen molar-refractivity contribution in [3.8, 4) is 11.8 Å². The average Bonchev–Trinajstić information content (AvgIpc) is 3.50. The lowest BCUT2D eigenvalue weighted by Crippen LogP contribution is -2.47. The molecule has 1 saturated carbocycles. The van der Waals surface area contributed by atoms with Crippen molar-refractivity contribution in [3.63, 3.8) is 0 Å². The van der Waals surface area contributed by atoms with Crippen LogP contribution in [0.3, 0.4) is 0 Å². The zero-order valence-electron chi connectivity index (χ0n) is 20.0. The van der Waals surface area contributed by atoms with Crippen molar-refractivity contribution in [1.82, 2.24) is 30.0 Å². The van der Waals surface area contributed by atoms with Gasteiger partial charge >= 0.3 is 6.01 Å². The van der Waals surface area contributed by atoms with Crippen molar-refractivity contribution in [2.24, 2.45) is 0 Å². The number of fused-ring (bicyclic) bond motifs is 1. The third-order valence-electron chi connectivity index (χ3n) is 6.70. The molecule has 1 saturated heterocycles. The molecule has 0 bridgehead atoms. The Kier molecular flexibility index (Phi) is 5.92. The quantitative estimate of drug-likeness (QED) is 0.328. The van der Waals surface area contributed by atoms with Crippen molar-refractivity contribution < 1.29 is 13.5 Å². The lowest BCUT2D eigenvalue weighted by molar-refractivity contribution is 0.235. The summed E-state index contributed by atoms with van der Waals surface area (Å²) in [6.45, 7) is 4.79. The van der Waals surface area contributed by atoms with Gasteiger partial charge in [0.15, 0.2) is 17.4 Å². The van der Waals surface area contributed by atoms with Gasteiger partial charge in [0.25, 0.3) is 0 Å². The van der Waals surface area contributed by atoms with Gasteiger partial charge in [-0.25, -0.2) is 8.78 Å². The van der Waals surface area contributed by atoms with Crippen LogP contribution in [0.4, 0.5) is 26.2 Å². The number of piperazine rings is 1. The Bertz CT molecular complexity index is 1370. The second-order valence-electron chi connectivity index (χ2n) is 9.41. The molecule has 0 amide bonds. The Morgan fingerprint density at radius 1 is 1.08 bits per heavy atom. The molecule has 36 heavy (non-hydrogen) atoms. The van der Waals surface area contributed by atoms with Crippen LogP contribution in [0.1, 0.15) is 30.1 Å². The Balaban J connectivity index is 1.29. The largest absolute Gasteiger partial charge is 0.421 e. The standard InChI is InChI=1S/C25H28F2N8O/c1-15-12-17-18(28-15)4-5-20(24(17)27)36-25-30-21(29-22-13-19(32-33-22)16-2-3-16)14-23(31-25)35-10-8-34(7-6-26)9-11-35/h4-5,12-14,16,28H,2-3,6-11H2,1H3,(H2,29,30,31,32,33). The minimum absolute atomic E-state index is 0.0321. The van der Waals surface area contributed by atoms with Crippen LogP contribution in [-0.2, 0) is 0 Å². The summed E-state index contributed by atoms with van der Waals surface area (Å²) in [5.41, 5.74) is 2.66. The summed E-state index contributed by atoms with van der Waals surface area (Å²) in [4.78, 5) is 16.4. The smallest absolute Gasteiger partial charge is 0.326 e. The number of H-pyrrole nitrogens is 2. The van der Waals surface area contributed by atoms with E-state index in [1.54, 1.807) is 18.2 Å². The van der Waals surface area contributed by atoms with E-state index in [1.807, 2.05) is 19.1 Å². The lowest BCUT2D eigenvalue weighted by atomic mass is 10.2. The summed E-state index contributed by atoms with van der Waals surface area (Å²) in [5.74, 6) is 1.92. The van der Waals surface area contributed by atoms with Gasteiger partial charge in [0.2, 0.25) is 0 Å². The molecule has 4 heterocycles. The van der Waals surface area contributed by atoms with Crippen LogP contribution in [0.5, 0.6) is 11.8 Å². The van der Waals surface area contributed by atoms with Crippen molar-refractivity contribution in [3.05, 3.63) is 47.5 Å². The number of benzene rings is 1. The number of ether oxygens (including phenoxy) is 1. The highest BCUT2D eigenvalue weighted by atomic mass is 19.1. The van der Waals surface area contributed by atoms with Crippen LogP contribution >= 0.6 is 0 Å². The van der Waals surface area contributed by atoms with E-state index in [2.05, 4.69) is 40.3 Å². The molecular formula is C25H28F2N8O. The fourth-order valence-electron chi connectivity index (χ4n) is 4.61. The van der Waals surface area contributed by atoms with Crippen LogP contribution in [-0.4, -0.2) is 69.4 Å². The number of aryl methyl sites for hydroxylation is 1. The van der Waals surface area contributed by atoms with Crippen molar-refractivity contribution in [2.45, 2.75) is 25.7 Å². The number of hydrogen-bond acceptors (Lipinski definition) is 7. The molecule has 1 aliphatic heterocycles. The third-order valence-corrected chi connectivity index (χ3v) is 6.70. The Labute approximate surface area is 206 Å².